The molecule has 17 heavy (non-hydrogen) atoms. The Morgan fingerprint density at radius 2 is 2.18 bits per heavy atom. The second-order valence-electron chi connectivity index (χ2n) is 4.11. The predicted molar refractivity (Wildman–Crippen MR) is 66.9 cm³/mol. The molecule has 0 amide bonds. The highest BCUT2D eigenvalue weighted by atomic mass is 16.5. The van der Waals surface area contributed by atoms with Gasteiger partial charge in [0.05, 0.1) is 13.2 Å². The molecule has 0 bridgehead atoms. The molecule has 0 radical (unpaired) electrons. The Morgan fingerprint density at radius 1 is 1.41 bits per heavy atom. The lowest BCUT2D eigenvalue weighted by molar-refractivity contribution is 0.0398. The fourth-order valence-electron chi connectivity index (χ4n) is 1.80. The van der Waals surface area contributed by atoms with Crippen molar-refractivity contribution in [3.05, 3.63) is 11.9 Å². The zero-order valence-electron chi connectivity index (χ0n) is 10.1. The lowest BCUT2D eigenvalue weighted by atomic mass is 10.3. The van der Waals surface area contributed by atoms with Crippen LogP contribution in [0.4, 0.5) is 11.6 Å². The van der Waals surface area contributed by atoms with Gasteiger partial charge < -0.3 is 15.8 Å². The number of nitrogens with two attached hydrogens (primary N) is 1. The summed E-state index contributed by atoms with van der Waals surface area (Å²) >= 11 is 0. The maximum absolute atomic E-state index is 5.72. The van der Waals surface area contributed by atoms with Crippen molar-refractivity contribution in [1.82, 2.24) is 14.9 Å². The van der Waals surface area contributed by atoms with Crippen molar-refractivity contribution in [2.45, 2.75) is 6.92 Å². The number of ether oxygens (including phenoxy) is 1. The van der Waals surface area contributed by atoms with E-state index < -0.39 is 0 Å². The molecule has 1 aromatic heterocycles. The van der Waals surface area contributed by atoms with E-state index >= 15 is 0 Å². The fraction of sp³-hybridized carbons (Fsp3) is 0.636. The summed E-state index contributed by atoms with van der Waals surface area (Å²) in [5.41, 5.74) is 6.63. The SMILES string of the molecule is Cc1c(N)ncnc1NCCN1CCOCC1. The van der Waals surface area contributed by atoms with Crippen LogP contribution < -0.4 is 11.1 Å². The third kappa shape index (κ3) is 3.28. The van der Waals surface area contributed by atoms with Crippen LogP contribution in [-0.2, 0) is 4.74 Å². The summed E-state index contributed by atoms with van der Waals surface area (Å²) in [6.07, 6.45) is 1.49. The molecule has 2 heterocycles. The van der Waals surface area contributed by atoms with Crippen LogP contribution in [0.2, 0.25) is 0 Å². The van der Waals surface area contributed by atoms with Crippen LogP contribution in [-0.4, -0.2) is 54.3 Å². The van der Waals surface area contributed by atoms with Crippen LogP contribution >= 0.6 is 0 Å². The Kier molecular flexibility index (Phi) is 4.11. The summed E-state index contributed by atoms with van der Waals surface area (Å²) in [5.74, 6) is 1.36. The molecule has 2 rings (SSSR count). The number of rotatable bonds is 4. The first kappa shape index (κ1) is 12.1. The second kappa shape index (κ2) is 5.79. The molecule has 0 saturated carbocycles. The minimum absolute atomic E-state index is 0.536. The van der Waals surface area contributed by atoms with E-state index in [-0.39, 0.29) is 0 Å². The minimum atomic E-state index is 0.536. The molecule has 3 N–H and O–H groups in total. The van der Waals surface area contributed by atoms with Crippen molar-refractivity contribution in [3.63, 3.8) is 0 Å². The molecule has 0 aliphatic carbocycles. The predicted octanol–water partition coefficient (Wildman–Crippen LogP) is 0.111. The number of nitrogens with one attached hydrogen (secondary N) is 1. The molecule has 6 nitrogen and oxygen atoms in total. The van der Waals surface area contributed by atoms with Gasteiger partial charge in [-0.2, -0.15) is 0 Å². The lowest BCUT2D eigenvalue weighted by Gasteiger charge is -2.26. The highest BCUT2D eigenvalue weighted by Crippen LogP contribution is 2.14. The normalized spacial score (nSPS) is 17.0. The number of morpholine rings is 1. The first-order valence-electron chi connectivity index (χ1n) is 5.88. The summed E-state index contributed by atoms with van der Waals surface area (Å²) in [5, 5.41) is 3.29. The third-order valence-corrected chi connectivity index (χ3v) is 2.95. The van der Waals surface area contributed by atoms with E-state index in [1.54, 1.807) is 0 Å². The van der Waals surface area contributed by atoms with Crippen LogP contribution in [0.3, 0.4) is 0 Å². The molecule has 0 atom stereocenters. The molecule has 1 aliphatic heterocycles. The number of anilines is 2. The summed E-state index contributed by atoms with van der Waals surface area (Å²) in [6, 6.07) is 0. The fourth-order valence-corrected chi connectivity index (χ4v) is 1.80. The van der Waals surface area contributed by atoms with Crippen molar-refractivity contribution in [3.8, 4) is 0 Å². The molecular formula is C11H19N5O. The van der Waals surface area contributed by atoms with E-state index in [0.29, 0.717) is 5.82 Å². The van der Waals surface area contributed by atoms with Crippen molar-refractivity contribution in [2.24, 2.45) is 0 Å². The molecule has 1 aliphatic rings. The minimum Gasteiger partial charge on any atom is -0.383 e. The van der Waals surface area contributed by atoms with E-state index in [2.05, 4.69) is 20.2 Å². The van der Waals surface area contributed by atoms with Gasteiger partial charge in [-0.05, 0) is 6.92 Å². The van der Waals surface area contributed by atoms with Gasteiger partial charge in [0.15, 0.2) is 0 Å². The van der Waals surface area contributed by atoms with Gasteiger partial charge in [-0.1, -0.05) is 0 Å². The lowest BCUT2D eigenvalue weighted by Crippen LogP contribution is -2.39. The van der Waals surface area contributed by atoms with Gasteiger partial charge in [0.25, 0.3) is 0 Å². The molecule has 1 aromatic rings. The van der Waals surface area contributed by atoms with Gasteiger partial charge in [-0.15, -0.1) is 0 Å². The Balaban J connectivity index is 1.79. The van der Waals surface area contributed by atoms with Crippen molar-refractivity contribution in [2.75, 3.05) is 50.4 Å². The molecule has 1 saturated heterocycles. The molecule has 0 spiro atoms. The number of aromatic nitrogens is 2. The van der Waals surface area contributed by atoms with Crippen molar-refractivity contribution >= 4 is 11.6 Å². The number of nitrogen functional groups attached to an aromatic ring is 1. The van der Waals surface area contributed by atoms with E-state index in [9.17, 15) is 0 Å². The Bertz CT molecular complexity index is 365. The van der Waals surface area contributed by atoms with Crippen LogP contribution in [0.15, 0.2) is 6.33 Å². The number of hydrogen-bond donors (Lipinski definition) is 2. The molecule has 1 fully saturated rings. The highest BCUT2D eigenvalue weighted by molar-refractivity contribution is 5.53. The van der Waals surface area contributed by atoms with Crippen LogP contribution in [0.5, 0.6) is 0 Å². The largest absolute Gasteiger partial charge is 0.383 e. The van der Waals surface area contributed by atoms with E-state index in [0.717, 1.165) is 50.8 Å². The van der Waals surface area contributed by atoms with Gasteiger partial charge in [0.2, 0.25) is 0 Å². The van der Waals surface area contributed by atoms with E-state index in [1.165, 1.54) is 6.33 Å². The Morgan fingerprint density at radius 3 is 2.94 bits per heavy atom. The van der Waals surface area contributed by atoms with Gasteiger partial charge in [0.1, 0.15) is 18.0 Å². The molecular weight excluding hydrogens is 218 g/mol. The van der Waals surface area contributed by atoms with Crippen LogP contribution in [0.1, 0.15) is 5.56 Å². The van der Waals surface area contributed by atoms with Gasteiger partial charge in [-0.25, -0.2) is 9.97 Å². The third-order valence-electron chi connectivity index (χ3n) is 2.95. The summed E-state index contributed by atoms with van der Waals surface area (Å²) in [7, 11) is 0. The molecule has 94 valence electrons. The quantitative estimate of drug-likeness (QED) is 0.774. The highest BCUT2D eigenvalue weighted by Gasteiger charge is 2.10. The maximum atomic E-state index is 5.72. The first-order chi connectivity index (χ1) is 8.27. The molecule has 0 aromatic carbocycles. The summed E-state index contributed by atoms with van der Waals surface area (Å²) < 4.78 is 5.30. The topological polar surface area (TPSA) is 76.3 Å². The zero-order chi connectivity index (χ0) is 12.1. The average molecular weight is 237 g/mol. The number of hydrogen-bond acceptors (Lipinski definition) is 6. The monoisotopic (exact) mass is 237 g/mol. The molecule has 0 unspecified atom stereocenters. The van der Waals surface area contributed by atoms with Gasteiger partial charge in [0, 0.05) is 31.7 Å². The smallest absolute Gasteiger partial charge is 0.134 e. The van der Waals surface area contributed by atoms with Crippen molar-refractivity contribution in [1.29, 1.82) is 0 Å². The van der Waals surface area contributed by atoms with Crippen LogP contribution in [0, 0.1) is 6.92 Å². The van der Waals surface area contributed by atoms with Gasteiger partial charge >= 0.3 is 0 Å². The van der Waals surface area contributed by atoms with E-state index in [1.807, 2.05) is 6.92 Å². The maximum Gasteiger partial charge on any atom is 0.134 e. The number of nitrogens with zero attached hydrogens (tertiary/aromatic N) is 3. The van der Waals surface area contributed by atoms with Crippen LogP contribution in [0.25, 0.3) is 0 Å². The average Bonchev–Trinajstić information content (AvgIpc) is 2.36. The Hall–Kier alpha value is -1.40. The van der Waals surface area contributed by atoms with E-state index in [4.69, 9.17) is 10.5 Å². The summed E-state index contributed by atoms with van der Waals surface area (Å²) in [4.78, 5) is 10.5. The first-order valence-corrected chi connectivity index (χ1v) is 5.88. The Labute approximate surface area is 101 Å². The summed E-state index contributed by atoms with van der Waals surface area (Å²) in [6.45, 7) is 7.45. The van der Waals surface area contributed by atoms with Gasteiger partial charge in [-0.3, -0.25) is 4.90 Å². The standard InChI is InChI=1S/C11H19N5O/c1-9-10(12)14-8-15-11(9)13-2-3-16-4-6-17-7-5-16/h8H,2-7H2,1H3,(H3,12,13,14,15). The second-order valence-corrected chi connectivity index (χ2v) is 4.11. The zero-order valence-corrected chi connectivity index (χ0v) is 10.1. The van der Waals surface area contributed by atoms with Crippen molar-refractivity contribution < 1.29 is 4.74 Å². The molecule has 6 heteroatoms.